The van der Waals surface area contributed by atoms with Crippen LogP contribution in [-0.2, 0) is 5.41 Å². The van der Waals surface area contributed by atoms with E-state index in [0.717, 1.165) is 11.1 Å². The topological polar surface area (TPSA) is 63.5 Å². The molecule has 1 heterocycles. The van der Waals surface area contributed by atoms with E-state index in [-0.39, 0.29) is 11.6 Å². The molecular formula is C25H23ClN2O3. The fourth-order valence-electron chi connectivity index (χ4n) is 4.81. The van der Waals surface area contributed by atoms with Crippen LogP contribution in [0.25, 0.3) is 0 Å². The van der Waals surface area contributed by atoms with E-state index in [1.807, 2.05) is 56.3 Å². The predicted molar refractivity (Wildman–Crippen MR) is 123 cm³/mol. The summed E-state index contributed by atoms with van der Waals surface area (Å²) in [6.07, 6.45) is 0.592. The first-order valence-corrected chi connectivity index (χ1v) is 10.5. The molecule has 0 fully saturated rings. The molecule has 1 aliphatic heterocycles. The van der Waals surface area contributed by atoms with Crippen LogP contribution in [0, 0.1) is 10.1 Å². The Hall–Kier alpha value is -3.18. The number of amides is 1. The molecule has 1 unspecified atom stereocenters. The Morgan fingerprint density at radius 3 is 2.26 bits per heavy atom. The fraction of sp³-hybridized carbons (Fsp3) is 0.240. The zero-order chi connectivity index (χ0) is 22.4. The molecule has 0 saturated carbocycles. The van der Waals surface area contributed by atoms with E-state index in [1.54, 1.807) is 29.2 Å². The van der Waals surface area contributed by atoms with Gasteiger partial charge in [0.1, 0.15) is 0 Å². The minimum Gasteiger partial charge on any atom is -0.302 e. The smallest absolute Gasteiger partial charge is 0.269 e. The first-order chi connectivity index (χ1) is 14.6. The quantitative estimate of drug-likeness (QED) is 0.354. The number of non-ortho nitro benzene ring substituents is 1. The van der Waals surface area contributed by atoms with E-state index in [2.05, 4.69) is 6.92 Å². The summed E-state index contributed by atoms with van der Waals surface area (Å²) in [6.45, 7) is 6.14. The molecule has 158 valence electrons. The molecule has 1 aliphatic rings. The van der Waals surface area contributed by atoms with E-state index in [0.29, 0.717) is 22.7 Å². The summed E-state index contributed by atoms with van der Waals surface area (Å²) in [5.41, 5.74) is 1.95. The van der Waals surface area contributed by atoms with Crippen LogP contribution in [0.15, 0.2) is 72.8 Å². The number of nitro groups is 1. The molecule has 3 aromatic carbocycles. The van der Waals surface area contributed by atoms with Crippen molar-refractivity contribution in [2.75, 3.05) is 4.90 Å². The third kappa shape index (κ3) is 3.59. The second-order valence-corrected chi connectivity index (χ2v) is 9.23. The minimum absolute atomic E-state index is 0.00533. The maximum absolute atomic E-state index is 13.6. The SMILES string of the molecule is CC1(c2ccc(Cl)cc2)CC(C)(C)N(C(=O)c2ccccc2)c2ccc([N+](=O)[O-])cc21. The van der Waals surface area contributed by atoms with E-state index in [1.165, 1.54) is 6.07 Å². The van der Waals surface area contributed by atoms with Crippen molar-refractivity contribution in [2.24, 2.45) is 0 Å². The first kappa shape index (κ1) is 21.1. The maximum Gasteiger partial charge on any atom is 0.269 e. The third-order valence-electron chi connectivity index (χ3n) is 6.12. The Morgan fingerprint density at radius 2 is 1.65 bits per heavy atom. The molecule has 1 amide bonds. The number of hydrogen-bond donors (Lipinski definition) is 0. The van der Waals surface area contributed by atoms with Crippen LogP contribution in [-0.4, -0.2) is 16.4 Å². The number of hydrogen-bond acceptors (Lipinski definition) is 3. The average Bonchev–Trinajstić information content (AvgIpc) is 2.73. The lowest BCUT2D eigenvalue weighted by Crippen LogP contribution is -2.55. The highest BCUT2D eigenvalue weighted by atomic mass is 35.5. The summed E-state index contributed by atoms with van der Waals surface area (Å²) in [5.74, 6) is -0.126. The Bertz CT molecular complexity index is 1160. The number of fused-ring (bicyclic) bond motifs is 1. The van der Waals surface area contributed by atoms with Gasteiger partial charge in [0.15, 0.2) is 0 Å². The normalized spacial score (nSPS) is 19.5. The van der Waals surface area contributed by atoms with Gasteiger partial charge in [0.25, 0.3) is 11.6 Å². The molecule has 6 heteroatoms. The number of halogens is 1. The van der Waals surface area contributed by atoms with Crippen LogP contribution in [0.3, 0.4) is 0 Å². The van der Waals surface area contributed by atoms with E-state index < -0.39 is 15.9 Å². The standard InChI is InChI=1S/C25H23ClN2O3/c1-24(2)16-25(3,18-9-11-19(26)12-10-18)21-15-20(28(30)31)13-14-22(21)27(24)23(29)17-7-5-4-6-8-17/h4-15H,16H2,1-3H3. The van der Waals surface area contributed by atoms with Crippen molar-refractivity contribution < 1.29 is 9.72 Å². The van der Waals surface area contributed by atoms with Crippen molar-refractivity contribution in [1.29, 1.82) is 0 Å². The molecule has 5 nitrogen and oxygen atoms in total. The summed E-state index contributed by atoms with van der Waals surface area (Å²) < 4.78 is 0. The van der Waals surface area contributed by atoms with Crippen molar-refractivity contribution in [3.63, 3.8) is 0 Å². The van der Waals surface area contributed by atoms with Gasteiger partial charge in [0, 0.05) is 39.4 Å². The molecule has 31 heavy (non-hydrogen) atoms. The van der Waals surface area contributed by atoms with Crippen LogP contribution in [0.1, 0.15) is 48.7 Å². The van der Waals surface area contributed by atoms with Crippen LogP contribution < -0.4 is 4.90 Å². The molecule has 0 aromatic heterocycles. The van der Waals surface area contributed by atoms with Crippen molar-refractivity contribution in [1.82, 2.24) is 0 Å². The molecule has 0 bridgehead atoms. The second-order valence-electron chi connectivity index (χ2n) is 8.79. The fourth-order valence-corrected chi connectivity index (χ4v) is 4.94. The van der Waals surface area contributed by atoms with Gasteiger partial charge in [-0.15, -0.1) is 0 Å². The zero-order valence-electron chi connectivity index (χ0n) is 17.6. The highest BCUT2D eigenvalue weighted by molar-refractivity contribution is 6.30. The van der Waals surface area contributed by atoms with Crippen molar-refractivity contribution in [3.05, 3.63) is 105 Å². The van der Waals surface area contributed by atoms with E-state index in [4.69, 9.17) is 11.6 Å². The van der Waals surface area contributed by atoms with E-state index in [9.17, 15) is 14.9 Å². The van der Waals surface area contributed by atoms with Gasteiger partial charge in [-0.3, -0.25) is 14.9 Å². The van der Waals surface area contributed by atoms with E-state index >= 15 is 0 Å². The van der Waals surface area contributed by atoms with Gasteiger partial charge in [-0.2, -0.15) is 0 Å². The summed E-state index contributed by atoms with van der Waals surface area (Å²) in [5, 5.41) is 12.2. The van der Waals surface area contributed by atoms with Gasteiger partial charge >= 0.3 is 0 Å². The number of rotatable bonds is 3. The number of carbonyl (C=O) groups is 1. The molecule has 4 rings (SSSR count). The number of nitro benzene ring substituents is 1. The number of nitrogens with zero attached hydrogens (tertiary/aromatic N) is 2. The summed E-state index contributed by atoms with van der Waals surface area (Å²) in [7, 11) is 0. The highest BCUT2D eigenvalue weighted by Crippen LogP contribution is 2.51. The lowest BCUT2D eigenvalue weighted by molar-refractivity contribution is -0.385. The van der Waals surface area contributed by atoms with Crippen LogP contribution in [0.2, 0.25) is 5.02 Å². The molecule has 0 saturated heterocycles. The van der Waals surface area contributed by atoms with Crippen LogP contribution in [0.5, 0.6) is 0 Å². The molecule has 0 radical (unpaired) electrons. The number of benzene rings is 3. The van der Waals surface area contributed by atoms with Crippen molar-refractivity contribution >= 4 is 28.9 Å². The Kier molecular flexibility index (Phi) is 5.10. The van der Waals surface area contributed by atoms with Gasteiger partial charge in [-0.05, 0) is 61.7 Å². The van der Waals surface area contributed by atoms with Crippen LogP contribution >= 0.6 is 11.6 Å². The van der Waals surface area contributed by atoms with Crippen molar-refractivity contribution in [2.45, 2.75) is 38.1 Å². The maximum atomic E-state index is 13.6. The minimum atomic E-state index is -0.539. The summed E-state index contributed by atoms with van der Waals surface area (Å²) in [4.78, 5) is 26.5. The lowest BCUT2D eigenvalue weighted by atomic mass is 9.65. The molecule has 0 spiro atoms. The average molecular weight is 435 g/mol. The lowest BCUT2D eigenvalue weighted by Gasteiger charge is -2.51. The Morgan fingerprint density at radius 1 is 1.00 bits per heavy atom. The second kappa shape index (κ2) is 7.50. The number of anilines is 1. The molecule has 0 N–H and O–H groups in total. The Balaban J connectivity index is 1.96. The van der Waals surface area contributed by atoms with Gasteiger partial charge in [0.2, 0.25) is 0 Å². The van der Waals surface area contributed by atoms with Gasteiger partial charge in [0.05, 0.1) is 4.92 Å². The number of carbonyl (C=O) groups excluding carboxylic acids is 1. The summed E-state index contributed by atoms with van der Waals surface area (Å²) >= 11 is 6.11. The molecule has 3 aromatic rings. The van der Waals surface area contributed by atoms with Gasteiger partial charge in [-0.25, -0.2) is 0 Å². The van der Waals surface area contributed by atoms with Crippen LogP contribution in [0.4, 0.5) is 11.4 Å². The highest BCUT2D eigenvalue weighted by Gasteiger charge is 2.48. The Labute approximate surface area is 186 Å². The molecular weight excluding hydrogens is 412 g/mol. The summed E-state index contributed by atoms with van der Waals surface area (Å²) in [6, 6.07) is 21.4. The first-order valence-electron chi connectivity index (χ1n) is 10.1. The molecule has 1 atom stereocenters. The van der Waals surface area contributed by atoms with Gasteiger partial charge in [-0.1, -0.05) is 48.9 Å². The largest absolute Gasteiger partial charge is 0.302 e. The van der Waals surface area contributed by atoms with Gasteiger partial charge < -0.3 is 4.90 Å². The predicted octanol–water partition coefficient (Wildman–Crippen LogP) is 6.38. The monoisotopic (exact) mass is 434 g/mol. The third-order valence-corrected chi connectivity index (χ3v) is 6.37. The molecule has 0 aliphatic carbocycles. The van der Waals surface area contributed by atoms with Crippen molar-refractivity contribution in [3.8, 4) is 0 Å². The zero-order valence-corrected chi connectivity index (χ0v) is 18.4.